The van der Waals surface area contributed by atoms with Crippen LogP contribution < -0.4 is 16.4 Å². The molecule has 5 nitrogen and oxygen atoms in total. The van der Waals surface area contributed by atoms with Crippen LogP contribution in [-0.4, -0.2) is 30.7 Å². The standard InChI is InChI=1S/C16H27N3O2/c1-3-5-12(8-9-20)11-19-15-10-13(17)6-7-14(15)16(21)18-4-2/h6-7,10,12,19-20H,3-5,8-9,11,17H2,1-2H3,(H,18,21). The molecular weight excluding hydrogens is 266 g/mol. The highest BCUT2D eigenvalue weighted by atomic mass is 16.3. The second kappa shape index (κ2) is 9.23. The van der Waals surface area contributed by atoms with E-state index in [4.69, 9.17) is 10.8 Å². The zero-order valence-corrected chi connectivity index (χ0v) is 13.0. The highest BCUT2D eigenvalue weighted by molar-refractivity contribution is 6.00. The summed E-state index contributed by atoms with van der Waals surface area (Å²) in [5.41, 5.74) is 7.79. The summed E-state index contributed by atoms with van der Waals surface area (Å²) in [6.45, 7) is 5.52. The van der Waals surface area contributed by atoms with Crippen molar-refractivity contribution in [3.63, 3.8) is 0 Å². The highest BCUT2D eigenvalue weighted by Gasteiger charge is 2.13. The van der Waals surface area contributed by atoms with Crippen molar-refractivity contribution in [3.05, 3.63) is 23.8 Å². The van der Waals surface area contributed by atoms with Crippen molar-refractivity contribution in [2.45, 2.75) is 33.1 Å². The van der Waals surface area contributed by atoms with E-state index in [2.05, 4.69) is 17.6 Å². The van der Waals surface area contributed by atoms with E-state index < -0.39 is 0 Å². The number of aliphatic hydroxyl groups excluding tert-OH is 1. The average molecular weight is 293 g/mol. The summed E-state index contributed by atoms with van der Waals surface area (Å²) in [5.74, 6) is 0.290. The minimum Gasteiger partial charge on any atom is -0.399 e. The van der Waals surface area contributed by atoms with Gasteiger partial charge in [-0.2, -0.15) is 0 Å². The molecular formula is C16H27N3O2. The molecule has 1 atom stereocenters. The summed E-state index contributed by atoms with van der Waals surface area (Å²) < 4.78 is 0. The molecule has 0 aliphatic carbocycles. The Morgan fingerprint density at radius 3 is 2.71 bits per heavy atom. The number of benzene rings is 1. The van der Waals surface area contributed by atoms with Gasteiger partial charge in [-0.05, 0) is 43.9 Å². The van der Waals surface area contributed by atoms with Crippen LogP contribution in [0.4, 0.5) is 11.4 Å². The molecule has 0 radical (unpaired) electrons. The van der Waals surface area contributed by atoms with Gasteiger partial charge in [-0.15, -0.1) is 0 Å². The van der Waals surface area contributed by atoms with Crippen LogP contribution in [0.5, 0.6) is 0 Å². The van der Waals surface area contributed by atoms with Crippen molar-refractivity contribution in [1.82, 2.24) is 5.32 Å². The molecule has 1 amide bonds. The molecule has 1 aromatic carbocycles. The summed E-state index contributed by atoms with van der Waals surface area (Å²) in [6, 6.07) is 5.25. The molecule has 0 aliphatic heterocycles. The van der Waals surface area contributed by atoms with Gasteiger partial charge in [0.05, 0.1) is 5.56 Å². The first-order valence-electron chi connectivity index (χ1n) is 7.64. The predicted octanol–water partition coefficient (Wildman–Crippen LogP) is 2.23. The highest BCUT2D eigenvalue weighted by Crippen LogP contribution is 2.21. The molecule has 118 valence electrons. The Morgan fingerprint density at radius 2 is 2.10 bits per heavy atom. The van der Waals surface area contributed by atoms with Gasteiger partial charge >= 0.3 is 0 Å². The second-order valence-electron chi connectivity index (χ2n) is 5.21. The number of anilines is 2. The largest absolute Gasteiger partial charge is 0.399 e. The number of hydrogen-bond donors (Lipinski definition) is 4. The number of nitrogens with one attached hydrogen (secondary N) is 2. The van der Waals surface area contributed by atoms with Crippen molar-refractivity contribution in [2.24, 2.45) is 5.92 Å². The summed E-state index contributed by atoms with van der Waals surface area (Å²) in [7, 11) is 0. The molecule has 1 rings (SSSR count). The van der Waals surface area contributed by atoms with Crippen molar-refractivity contribution in [1.29, 1.82) is 0 Å². The number of carbonyl (C=O) groups is 1. The SMILES string of the molecule is CCCC(CCO)CNc1cc(N)ccc1C(=O)NCC. The number of nitrogens with two attached hydrogens (primary N) is 1. The normalized spacial score (nSPS) is 12.0. The smallest absolute Gasteiger partial charge is 0.253 e. The maximum absolute atomic E-state index is 12.0. The second-order valence-corrected chi connectivity index (χ2v) is 5.21. The van der Waals surface area contributed by atoms with Crippen LogP contribution in [0.2, 0.25) is 0 Å². The van der Waals surface area contributed by atoms with Gasteiger partial charge in [0.15, 0.2) is 0 Å². The predicted molar refractivity (Wildman–Crippen MR) is 87.5 cm³/mol. The van der Waals surface area contributed by atoms with Gasteiger partial charge in [0.25, 0.3) is 5.91 Å². The summed E-state index contributed by atoms with van der Waals surface area (Å²) in [4.78, 5) is 12.0. The van der Waals surface area contributed by atoms with Crippen molar-refractivity contribution in [3.8, 4) is 0 Å². The fourth-order valence-electron chi connectivity index (χ4n) is 2.36. The Kier molecular flexibility index (Phi) is 7.61. The Hall–Kier alpha value is -1.75. The van der Waals surface area contributed by atoms with E-state index in [1.807, 2.05) is 6.92 Å². The Morgan fingerprint density at radius 1 is 1.33 bits per heavy atom. The van der Waals surface area contributed by atoms with Crippen molar-refractivity contribution in [2.75, 3.05) is 30.7 Å². The van der Waals surface area contributed by atoms with Gasteiger partial charge in [-0.25, -0.2) is 0 Å². The lowest BCUT2D eigenvalue weighted by Gasteiger charge is -2.18. The first-order chi connectivity index (χ1) is 10.1. The lowest BCUT2D eigenvalue weighted by atomic mass is 10.00. The number of rotatable bonds is 9. The van der Waals surface area contributed by atoms with Crippen LogP contribution in [0.1, 0.15) is 43.5 Å². The Labute approximate surface area is 126 Å². The van der Waals surface area contributed by atoms with E-state index in [1.165, 1.54) is 0 Å². The topological polar surface area (TPSA) is 87.4 Å². The first kappa shape index (κ1) is 17.3. The fraction of sp³-hybridized carbons (Fsp3) is 0.562. The maximum atomic E-state index is 12.0. The van der Waals surface area contributed by atoms with Gasteiger partial charge in [-0.3, -0.25) is 4.79 Å². The zero-order chi connectivity index (χ0) is 15.7. The quantitative estimate of drug-likeness (QED) is 0.526. The molecule has 21 heavy (non-hydrogen) atoms. The van der Waals surface area contributed by atoms with E-state index >= 15 is 0 Å². The maximum Gasteiger partial charge on any atom is 0.253 e. The molecule has 5 heteroatoms. The van der Waals surface area contributed by atoms with Gasteiger partial charge in [0.1, 0.15) is 0 Å². The van der Waals surface area contributed by atoms with Gasteiger partial charge in [0.2, 0.25) is 0 Å². The van der Waals surface area contributed by atoms with Crippen LogP contribution in [0.3, 0.4) is 0 Å². The average Bonchev–Trinajstić information content (AvgIpc) is 2.45. The fourth-order valence-corrected chi connectivity index (χ4v) is 2.36. The molecule has 0 spiro atoms. The van der Waals surface area contributed by atoms with E-state index in [0.29, 0.717) is 23.7 Å². The summed E-state index contributed by atoms with van der Waals surface area (Å²) >= 11 is 0. The zero-order valence-electron chi connectivity index (χ0n) is 13.0. The molecule has 1 unspecified atom stereocenters. The molecule has 0 aromatic heterocycles. The molecule has 0 fully saturated rings. The van der Waals surface area contributed by atoms with Gasteiger partial charge < -0.3 is 21.5 Å². The monoisotopic (exact) mass is 293 g/mol. The third kappa shape index (κ3) is 5.63. The molecule has 0 heterocycles. The molecule has 0 saturated heterocycles. The molecule has 0 bridgehead atoms. The third-order valence-electron chi connectivity index (χ3n) is 3.44. The third-order valence-corrected chi connectivity index (χ3v) is 3.44. The molecule has 1 aromatic rings. The number of nitrogen functional groups attached to an aromatic ring is 1. The van der Waals surface area contributed by atoms with Crippen molar-refractivity contribution < 1.29 is 9.90 Å². The van der Waals surface area contributed by atoms with E-state index in [9.17, 15) is 4.79 Å². The molecule has 5 N–H and O–H groups in total. The van der Waals surface area contributed by atoms with E-state index in [0.717, 1.165) is 31.5 Å². The van der Waals surface area contributed by atoms with Crippen LogP contribution in [0.25, 0.3) is 0 Å². The first-order valence-corrected chi connectivity index (χ1v) is 7.64. The lowest BCUT2D eigenvalue weighted by molar-refractivity contribution is 0.0956. The minimum absolute atomic E-state index is 0.103. The van der Waals surface area contributed by atoms with Crippen LogP contribution in [-0.2, 0) is 0 Å². The summed E-state index contributed by atoms with van der Waals surface area (Å²) in [6.07, 6.45) is 2.89. The van der Waals surface area contributed by atoms with Gasteiger partial charge in [-0.1, -0.05) is 13.3 Å². The number of hydrogen-bond acceptors (Lipinski definition) is 4. The lowest BCUT2D eigenvalue weighted by Crippen LogP contribution is -2.25. The number of carbonyl (C=O) groups excluding carboxylic acids is 1. The van der Waals surface area contributed by atoms with Crippen LogP contribution in [0, 0.1) is 5.92 Å². The number of aliphatic hydroxyl groups is 1. The number of amides is 1. The van der Waals surface area contributed by atoms with Crippen molar-refractivity contribution >= 4 is 17.3 Å². The van der Waals surface area contributed by atoms with E-state index in [1.54, 1.807) is 18.2 Å². The minimum atomic E-state index is -0.103. The molecule has 0 saturated carbocycles. The van der Waals surface area contributed by atoms with Gasteiger partial charge in [0, 0.05) is 31.1 Å². The Bertz CT molecular complexity index is 443. The molecule has 0 aliphatic rings. The van der Waals surface area contributed by atoms with Crippen LogP contribution in [0.15, 0.2) is 18.2 Å². The Balaban J connectivity index is 2.80. The summed E-state index contributed by atoms with van der Waals surface area (Å²) in [5, 5.41) is 15.2. The van der Waals surface area contributed by atoms with Crippen LogP contribution >= 0.6 is 0 Å². The van der Waals surface area contributed by atoms with E-state index in [-0.39, 0.29) is 12.5 Å².